The lowest BCUT2D eigenvalue weighted by Gasteiger charge is -2.27. The molecule has 0 atom stereocenters. The van der Waals surface area contributed by atoms with Crippen molar-refractivity contribution in [2.45, 2.75) is 13.8 Å². The molecule has 0 radical (unpaired) electrons. The first-order valence-corrected chi connectivity index (χ1v) is 11.5. The molecule has 0 saturated carbocycles. The predicted octanol–water partition coefficient (Wildman–Crippen LogP) is 4.28. The van der Waals surface area contributed by atoms with Crippen LogP contribution in [0.4, 0.5) is 20.3 Å². The van der Waals surface area contributed by atoms with Crippen LogP contribution >= 0.6 is 0 Å². The van der Waals surface area contributed by atoms with E-state index < -0.39 is 13.3 Å². The molecule has 0 aromatic carbocycles. The minimum atomic E-state index is -3.05. The summed E-state index contributed by atoms with van der Waals surface area (Å²) in [4.78, 5) is 25.4. The zero-order valence-electron chi connectivity index (χ0n) is 19.9. The number of hydrogen-bond donors (Lipinski definition) is 0. The van der Waals surface area contributed by atoms with Crippen molar-refractivity contribution in [3.8, 4) is 0 Å². The first-order chi connectivity index (χ1) is 17.0. The lowest BCUT2D eigenvalue weighted by Crippen LogP contribution is -2.36. The number of rotatable bonds is 11. The van der Waals surface area contributed by atoms with Gasteiger partial charge in [-0.3, -0.25) is 4.79 Å². The molecule has 1 saturated heterocycles. The number of pyridine rings is 2. The van der Waals surface area contributed by atoms with Crippen LogP contribution in [-0.2, 0) is 14.2 Å². The van der Waals surface area contributed by atoms with Crippen molar-refractivity contribution in [3.63, 3.8) is 0 Å². The van der Waals surface area contributed by atoms with Gasteiger partial charge in [0.15, 0.2) is 5.78 Å². The van der Waals surface area contributed by atoms with E-state index in [4.69, 9.17) is 4.74 Å². The third-order valence-corrected chi connectivity index (χ3v) is 5.35. The fourth-order valence-corrected chi connectivity index (χ4v) is 3.48. The van der Waals surface area contributed by atoms with Crippen LogP contribution in [0, 0.1) is 0 Å². The van der Waals surface area contributed by atoms with Gasteiger partial charge in [-0.2, -0.15) is 0 Å². The van der Waals surface area contributed by atoms with Gasteiger partial charge >= 0.3 is 7.47 Å². The number of ketones is 1. The average molecular weight is 482 g/mol. The molecule has 0 unspecified atom stereocenters. The molecule has 0 spiro atoms. The van der Waals surface area contributed by atoms with Crippen molar-refractivity contribution in [1.29, 1.82) is 0 Å². The fourth-order valence-electron chi connectivity index (χ4n) is 3.48. The van der Waals surface area contributed by atoms with Crippen molar-refractivity contribution < 1.29 is 22.8 Å². The van der Waals surface area contributed by atoms with Crippen LogP contribution in [0.3, 0.4) is 0 Å². The number of carbonyl (C=O) groups excluding carboxylic acids is 1. The Bertz CT molecular complexity index is 1030. The zero-order chi connectivity index (χ0) is 25.0. The molecule has 1 aliphatic heterocycles. The Labute approximate surface area is 205 Å². The van der Waals surface area contributed by atoms with E-state index in [0.29, 0.717) is 18.8 Å². The van der Waals surface area contributed by atoms with Gasteiger partial charge < -0.3 is 19.2 Å². The van der Waals surface area contributed by atoms with E-state index >= 15 is 0 Å². The molecule has 0 N–H and O–H groups in total. The summed E-state index contributed by atoms with van der Waals surface area (Å²) in [6, 6.07) is 7.40. The summed E-state index contributed by atoms with van der Waals surface area (Å²) in [7, 11) is -3.05. The van der Waals surface area contributed by atoms with Crippen LogP contribution in [-0.4, -0.2) is 62.6 Å². The second-order valence-corrected chi connectivity index (χ2v) is 7.67. The van der Waals surface area contributed by atoms with Gasteiger partial charge in [-0.25, -0.2) is 18.6 Å². The summed E-state index contributed by atoms with van der Waals surface area (Å²) in [6.07, 6.45) is 10.1. The quantitative estimate of drug-likeness (QED) is 0.205. The first kappa shape index (κ1) is 26.1. The molecule has 10 heteroatoms. The average Bonchev–Trinajstić information content (AvgIpc) is 2.88. The van der Waals surface area contributed by atoms with Gasteiger partial charge in [-0.05, 0) is 73.5 Å². The van der Waals surface area contributed by atoms with Crippen molar-refractivity contribution in [1.82, 2.24) is 9.97 Å². The maximum absolute atomic E-state index is 12.9. The van der Waals surface area contributed by atoms with Crippen LogP contribution < -0.4 is 9.80 Å². The molecule has 2 aromatic heterocycles. The minimum Gasteiger partial charge on any atom is -0.505 e. The molecule has 3 heterocycles. The molecule has 1 aliphatic rings. The van der Waals surface area contributed by atoms with Gasteiger partial charge in [0, 0.05) is 44.6 Å². The lowest BCUT2D eigenvalue weighted by atomic mass is 10.2. The molecule has 0 amide bonds. The van der Waals surface area contributed by atoms with E-state index in [1.807, 2.05) is 38.1 Å². The molecule has 2 aromatic rings. The van der Waals surface area contributed by atoms with Gasteiger partial charge in [-0.1, -0.05) is 0 Å². The minimum absolute atomic E-state index is 0.247. The highest BCUT2D eigenvalue weighted by molar-refractivity contribution is 6.35. The van der Waals surface area contributed by atoms with Gasteiger partial charge in [0.2, 0.25) is 0 Å². The number of morpholine rings is 1. The van der Waals surface area contributed by atoms with E-state index in [1.165, 1.54) is 12.2 Å². The van der Waals surface area contributed by atoms with Crippen LogP contribution in [0.5, 0.6) is 0 Å². The topological polar surface area (TPSA) is 67.8 Å². The van der Waals surface area contributed by atoms with Gasteiger partial charge in [0.1, 0.15) is 17.4 Å². The predicted molar refractivity (Wildman–Crippen MR) is 135 cm³/mol. The van der Waals surface area contributed by atoms with Gasteiger partial charge in [-0.15, -0.1) is 0 Å². The second kappa shape index (κ2) is 13.4. The molecule has 184 valence electrons. The Morgan fingerprint density at radius 1 is 1.06 bits per heavy atom. The summed E-state index contributed by atoms with van der Waals surface area (Å²) >= 11 is 0. The smallest absolute Gasteiger partial charge is 0.505 e. The molecule has 0 aliphatic carbocycles. The Balaban J connectivity index is 1.65. The number of aromatic nitrogens is 2. The summed E-state index contributed by atoms with van der Waals surface area (Å²) in [6.45, 7) is 8.64. The van der Waals surface area contributed by atoms with E-state index in [0.717, 1.165) is 49.5 Å². The van der Waals surface area contributed by atoms with Crippen LogP contribution in [0.15, 0.2) is 60.6 Å². The zero-order valence-corrected chi connectivity index (χ0v) is 19.9. The Kier molecular flexibility index (Phi) is 9.98. The standard InChI is InChI=1S/C25H29BF2N4O3/c1-3-31(4-2)24-11-7-21(19-29-24)6-10-23(35-26(27)28)17-22(33)9-5-20-8-12-25(30-18-20)32-13-15-34-16-14-32/h5-12,17-19H,3-4,13-16H2,1-2H3/b9-5+,10-6+,23-17-. The third-order valence-electron chi connectivity index (χ3n) is 5.35. The summed E-state index contributed by atoms with van der Waals surface area (Å²) in [5.74, 6) is 0.939. The molecular formula is C25H29BF2N4O3. The van der Waals surface area contributed by atoms with E-state index in [1.54, 1.807) is 24.5 Å². The molecule has 7 nitrogen and oxygen atoms in total. The maximum Gasteiger partial charge on any atom is 0.796 e. The van der Waals surface area contributed by atoms with E-state index in [9.17, 15) is 13.4 Å². The fraction of sp³-hybridized carbons (Fsp3) is 0.320. The highest BCUT2D eigenvalue weighted by Crippen LogP contribution is 2.15. The number of anilines is 2. The summed E-state index contributed by atoms with van der Waals surface area (Å²) in [5, 5.41) is 0. The second-order valence-electron chi connectivity index (χ2n) is 7.67. The Hall–Kier alpha value is -3.53. The highest BCUT2D eigenvalue weighted by atomic mass is 19.2. The lowest BCUT2D eigenvalue weighted by molar-refractivity contribution is -0.110. The molecule has 1 fully saturated rings. The van der Waals surface area contributed by atoms with Crippen molar-refractivity contribution in [2.75, 3.05) is 49.2 Å². The normalized spacial score (nSPS) is 14.5. The SMILES string of the molecule is CCN(CC)c1ccc(/C=C/C(=C/C(=O)/C=C/c2ccc(N3CCOCC3)nc2)OB(F)F)cn1. The van der Waals surface area contributed by atoms with E-state index in [2.05, 4.69) is 24.4 Å². The molecule has 35 heavy (non-hydrogen) atoms. The van der Waals surface area contributed by atoms with E-state index in [-0.39, 0.29) is 5.76 Å². The third kappa shape index (κ3) is 8.33. The molecule has 0 bridgehead atoms. The van der Waals surface area contributed by atoms with Crippen molar-refractivity contribution >= 4 is 37.0 Å². The van der Waals surface area contributed by atoms with Crippen molar-refractivity contribution in [2.24, 2.45) is 0 Å². The van der Waals surface area contributed by atoms with Gasteiger partial charge in [0.05, 0.1) is 13.2 Å². The molecular weight excluding hydrogens is 453 g/mol. The molecule has 3 rings (SSSR count). The van der Waals surface area contributed by atoms with Gasteiger partial charge in [0.25, 0.3) is 0 Å². The summed E-state index contributed by atoms with van der Waals surface area (Å²) in [5.41, 5.74) is 1.41. The number of ether oxygens (including phenoxy) is 1. The Morgan fingerprint density at radius 2 is 1.71 bits per heavy atom. The number of carbonyl (C=O) groups is 1. The van der Waals surface area contributed by atoms with Crippen LogP contribution in [0.2, 0.25) is 0 Å². The summed E-state index contributed by atoms with van der Waals surface area (Å²) < 4.78 is 35.6. The van der Waals surface area contributed by atoms with Crippen LogP contribution in [0.25, 0.3) is 12.2 Å². The first-order valence-electron chi connectivity index (χ1n) is 11.5. The Morgan fingerprint density at radius 3 is 2.29 bits per heavy atom. The maximum atomic E-state index is 12.9. The number of nitrogens with zero attached hydrogens (tertiary/aromatic N) is 4. The van der Waals surface area contributed by atoms with Crippen molar-refractivity contribution in [3.05, 3.63) is 71.8 Å². The number of halogens is 2. The number of allylic oxidation sites excluding steroid dienone is 3. The van der Waals surface area contributed by atoms with Crippen LogP contribution in [0.1, 0.15) is 25.0 Å². The number of hydrogen-bond acceptors (Lipinski definition) is 7. The largest absolute Gasteiger partial charge is 0.796 e. The monoisotopic (exact) mass is 482 g/mol. The highest BCUT2D eigenvalue weighted by Gasteiger charge is 2.18.